The number of hydrogen-bond acceptors (Lipinski definition) is 5. The summed E-state index contributed by atoms with van der Waals surface area (Å²) in [6, 6.07) is 9.55. The van der Waals surface area contributed by atoms with Crippen LogP contribution in [0.4, 0.5) is 14.5 Å². The van der Waals surface area contributed by atoms with Crippen molar-refractivity contribution in [3.05, 3.63) is 59.7 Å². The molecule has 0 saturated carbocycles. The van der Waals surface area contributed by atoms with Crippen molar-refractivity contribution < 1.29 is 32.6 Å². The fourth-order valence-electron chi connectivity index (χ4n) is 3.30. The molecule has 0 atom stereocenters. The zero-order valence-corrected chi connectivity index (χ0v) is 16.9. The number of carbonyl (C=O) groups is 3. The van der Waals surface area contributed by atoms with Crippen LogP contribution in [0.3, 0.4) is 0 Å². The zero-order valence-electron chi connectivity index (χ0n) is 16.9. The molecule has 0 aromatic heterocycles. The molecule has 7 nitrogen and oxygen atoms in total. The average Bonchev–Trinajstić information content (AvgIpc) is 2.77. The second-order valence-electron chi connectivity index (χ2n) is 7.08. The van der Waals surface area contributed by atoms with Crippen LogP contribution in [0.5, 0.6) is 5.75 Å². The monoisotopic (exact) mass is 432 g/mol. The number of piperidine rings is 1. The van der Waals surface area contributed by atoms with Gasteiger partial charge in [0.15, 0.2) is 6.61 Å². The number of benzene rings is 2. The van der Waals surface area contributed by atoms with Gasteiger partial charge in [0.2, 0.25) is 0 Å². The fourth-order valence-corrected chi connectivity index (χ4v) is 3.30. The molecule has 1 N–H and O–H groups in total. The summed E-state index contributed by atoms with van der Waals surface area (Å²) in [5.41, 5.74) is 0.303. The second-order valence-corrected chi connectivity index (χ2v) is 7.08. The van der Waals surface area contributed by atoms with Crippen LogP contribution < -0.4 is 10.1 Å². The zero-order chi connectivity index (χ0) is 22.4. The van der Waals surface area contributed by atoms with Gasteiger partial charge in [0, 0.05) is 30.9 Å². The Bertz CT molecular complexity index is 974. The van der Waals surface area contributed by atoms with Crippen molar-refractivity contribution >= 4 is 23.5 Å². The molecular weight excluding hydrogens is 410 g/mol. The van der Waals surface area contributed by atoms with Crippen molar-refractivity contribution in [1.82, 2.24) is 4.90 Å². The summed E-state index contributed by atoms with van der Waals surface area (Å²) in [4.78, 5) is 38.1. The molecule has 0 unspecified atom stereocenters. The minimum Gasteiger partial charge on any atom is -0.497 e. The molecule has 1 heterocycles. The van der Waals surface area contributed by atoms with Gasteiger partial charge in [0.05, 0.1) is 18.6 Å². The summed E-state index contributed by atoms with van der Waals surface area (Å²) < 4.78 is 37.0. The van der Waals surface area contributed by atoms with Gasteiger partial charge in [-0.15, -0.1) is 0 Å². The third-order valence-corrected chi connectivity index (χ3v) is 4.98. The number of halogens is 2. The summed E-state index contributed by atoms with van der Waals surface area (Å²) in [5.74, 6) is -3.13. The first kappa shape index (κ1) is 22.2. The molecule has 2 aromatic rings. The van der Waals surface area contributed by atoms with Gasteiger partial charge in [-0.05, 0) is 37.1 Å². The molecule has 0 radical (unpaired) electrons. The lowest BCUT2D eigenvalue weighted by atomic mass is 9.96. The van der Waals surface area contributed by atoms with Crippen molar-refractivity contribution in [1.29, 1.82) is 0 Å². The summed E-state index contributed by atoms with van der Waals surface area (Å²) in [6.45, 7) is 0.0207. The van der Waals surface area contributed by atoms with Crippen molar-refractivity contribution in [3.8, 4) is 5.75 Å². The fraction of sp³-hybridized carbons (Fsp3) is 0.318. The predicted molar refractivity (Wildman–Crippen MR) is 108 cm³/mol. The maximum Gasteiger partial charge on any atom is 0.309 e. The number of amides is 2. The molecule has 0 spiro atoms. The third-order valence-electron chi connectivity index (χ3n) is 4.98. The highest BCUT2D eigenvalue weighted by Crippen LogP contribution is 2.22. The van der Waals surface area contributed by atoms with Crippen LogP contribution in [0.1, 0.15) is 23.2 Å². The van der Waals surface area contributed by atoms with Crippen LogP contribution in [-0.4, -0.2) is 49.5 Å². The van der Waals surface area contributed by atoms with Crippen LogP contribution in [-0.2, 0) is 14.3 Å². The lowest BCUT2D eigenvalue weighted by Gasteiger charge is -2.31. The van der Waals surface area contributed by atoms with Gasteiger partial charge in [-0.25, -0.2) is 8.78 Å². The molecule has 164 valence electrons. The quantitative estimate of drug-likeness (QED) is 0.710. The van der Waals surface area contributed by atoms with Crippen molar-refractivity contribution in [2.45, 2.75) is 12.8 Å². The van der Waals surface area contributed by atoms with E-state index < -0.39 is 41.9 Å². The molecule has 9 heteroatoms. The van der Waals surface area contributed by atoms with Gasteiger partial charge < -0.3 is 19.7 Å². The van der Waals surface area contributed by atoms with Gasteiger partial charge in [0.1, 0.15) is 17.4 Å². The van der Waals surface area contributed by atoms with Gasteiger partial charge >= 0.3 is 5.97 Å². The third kappa shape index (κ3) is 5.78. The number of esters is 1. The predicted octanol–water partition coefficient (Wildman–Crippen LogP) is 3.01. The van der Waals surface area contributed by atoms with E-state index >= 15 is 0 Å². The van der Waals surface area contributed by atoms with E-state index in [1.807, 2.05) is 0 Å². The first-order valence-electron chi connectivity index (χ1n) is 9.72. The Morgan fingerprint density at radius 2 is 1.84 bits per heavy atom. The number of anilines is 1. The van der Waals surface area contributed by atoms with Gasteiger partial charge in [-0.1, -0.05) is 6.07 Å². The van der Waals surface area contributed by atoms with Gasteiger partial charge in [-0.3, -0.25) is 14.4 Å². The largest absolute Gasteiger partial charge is 0.497 e. The summed E-state index contributed by atoms with van der Waals surface area (Å²) in [7, 11) is 1.51. The Morgan fingerprint density at radius 1 is 1.10 bits per heavy atom. The Labute approximate surface area is 177 Å². The van der Waals surface area contributed by atoms with E-state index in [2.05, 4.69) is 5.32 Å². The normalized spacial score (nSPS) is 14.1. The molecule has 1 aliphatic rings. The van der Waals surface area contributed by atoms with E-state index in [1.165, 1.54) is 12.0 Å². The lowest BCUT2D eigenvalue weighted by Crippen LogP contribution is -2.41. The molecule has 1 saturated heterocycles. The molecule has 1 aliphatic heterocycles. The van der Waals surface area contributed by atoms with Gasteiger partial charge in [0.25, 0.3) is 11.8 Å². The van der Waals surface area contributed by atoms with E-state index in [9.17, 15) is 23.2 Å². The number of likely N-dealkylation sites (tertiary alicyclic amines) is 1. The Balaban J connectivity index is 1.45. The molecule has 3 rings (SSSR count). The first-order valence-corrected chi connectivity index (χ1v) is 9.72. The van der Waals surface area contributed by atoms with E-state index in [4.69, 9.17) is 9.47 Å². The number of rotatable bonds is 6. The standard InChI is InChI=1S/C22H22F2N2O5/c1-30-17-4-2-3-16(12-17)25-20(27)13-31-22(29)14-7-9-26(10-8-14)21(28)18-6-5-15(23)11-19(18)24/h2-6,11-12,14H,7-10,13H2,1H3,(H,25,27). The van der Waals surface area contributed by atoms with Crippen molar-refractivity contribution in [2.24, 2.45) is 5.92 Å². The van der Waals surface area contributed by atoms with Crippen LogP contribution in [0.25, 0.3) is 0 Å². The number of nitrogens with one attached hydrogen (secondary N) is 1. The number of carbonyl (C=O) groups excluding carboxylic acids is 3. The molecular formula is C22H22F2N2O5. The topological polar surface area (TPSA) is 84.9 Å². The first-order chi connectivity index (χ1) is 14.9. The van der Waals surface area contributed by atoms with E-state index in [0.717, 1.165) is 12.1 Å². The van der Waals surface area contributed by atoms with Crippen LogP contribution in [0.15, 0.2) is 42.5 Å². The Kier molecular flexibility index (Phi) is 7.17. The number of methoxy groups -OCH3 is 1. The van der Waals surface area contributed by atoms with Crippen LogP contribution in [0.2, 0.25) is 0 Å². The highest BCUT2D eigenvalue weighted by atomic mass is 19.1. The number of nitrogens with zero attached hydrogens (tertiary/aromatic N) is 1. The molecule has 2 amide bonds. The van der Waals surface area contributed by atoms with Crippen LogP contribution >= 0.6 is 0 Å². The molecule has 0 aliphatic carbocycles. The second kappa shape index (κ2) is 10.0. The number of hydrogen-bond donors (Lipinski definition) is 1. The average molecular weight is 432 g/mol. The summed E-state index contributed by atoms with van der Waals surface area (Å²) in [5, 5.41) is 2.61. The minimum absolute atomic E-state index is 0.211. The van der Waals surface area contributed by atoms with E-state index in [0.29, 0.717) is 30.3 Å². The Hall–Kier alpha value is -3.49. The lowest BCUT2D eigenvalue weighted by molar-refractivity contribution is -0.152. The SMILES string of the molecule is COc1cccc(NC(=O)COC(=O)C2CCN(C(=O)c3ccc(F)cc3F)CC2)c1. The highest BCUT2D eigenvalue weighted by Gasteiger charge is 2.30. The summed E-state index contributed by atoms with van der Waals surface area (Å²) >= 11 is 0. The summed E-state index contributed by atoms with van der Waals surface area (Å²) in [6.07, 6.45) is 0.649. The molecule has 2 aromatic carbocycles. The highest BCUT2D eigenvalue weighted by molar-refractivity contribution is 5.95. The van der Waals surface area contributed by atoms with E-state index in [-0.39, 0.29) is 18.7 Å². The molecule has 1 fully saturated rings. The Morgan fingerprint density at radius 3 is 2.52 bits per heavy atom. The molecule has 31 heavy (non-hydrogen) atoms. The van der Waals surface area contributed by atoms with Gasteiger partial charge in [-0.2, -0.15) is 0 Å². The molecule has 0 bridgehead atoms. The van der Waals surface area contributed by atoms with Crippen LogP contribution in [0, 0.1) is 17.6 Å². The maximum absolute atomic E-state index is 13.8. The van der Waals surface area contributed by atoms with Crippen molar-refractivity contribution in [2.75, 3.05) is 32.1 Å². The smallest absolute Gasteiger partial charge is 0.309 e. The van der Waals surface area contributed by atoms with E-state index in [1.54, 1.807) is 24.3 Å². The van der Waals surface area contributed by atoms with Crippen molar-refractivity contribution in [3.63, 3.8) is 0 Å². The number of ether oxygens (including phenoxy) is 2. The maximum atomic E-state index is 13.8. The minimum atomic E-state index is -0.923.